The van der Waals surface area contributed by atoms with E-state index in [9.17, 15) is 9.90 Å². The Balaban J connectivity index is 1.47. The van der Waals surface area contributed by atoms with E-state index in [0.717, 1.165) is 32.1 Å². The van der Waals surface area contributed by atoms with Gasteiger partial charge in [0.2, 0.25) is 0 Å². The van der Waals surface area contributed by atoms with Crippen LogP contribution in [0.15, 0.2) is 30.3 Å². The minimum absolute atomic E-state index is 0.105. The monoisotopic (exact) mass is 318 g/mol. The summed E-state index contributed by atoms with van der Waals surface area (Å²) in [5.74, 6) is 0.625. The van der Waals surface area contributed by atoms with Crippen LogP contribution in [0.1, 0.15) is 43.6 Å². The molecule has 3 rings (SSSR count). The zero-order valence-electron chi connectivity index (χ0n) is 13.4. The van der Waals surface area contributed by atoms with E-state index in [4.69, 9.17) is 10.5 Å². The molecule has 0 bridgehead atoms. The molecule has 3 N–H and O–H groups in total. The summed E-state index contributed by atoms with van der Waals surface area (Å²) >= 11 is 0. The van der Waals surface area contributed by atoms with Gasteiger partial charge in [-0.1, -0.05) is 30.3 Å². The molecule has 126 valence electrons. The highest BCUT2D eigenvalue weighted by Crippen LogP contribution is 2.34. The van der Waals surface area contributed by atoms with Crippen molar-refractivity contribution in [1.82, 2.24) is 4.90 Å². The number of benzene rings is 1. The van der Waals surface area contributed by atoms with Crippen LogP contribution < -0.4 is 5.73 Å². The van der Waals surface area contributed by atoms with Gasteiger partial charge in [-0.05, 0) is 43.6 Å². The van der Waals surface area contributed by atoms with E-state index < -0.39 is 6.09 Å². The van der Waals surface area contributed by atoms with Gasteiger partial charge in [-0.15, -0.1) is 0 Å². The van der Waals surface area contributed by atoms with E-state index >= 15 is 0 Å². The maximum atomic E-state index is 11.2. The molecule has 23 heavy (non-hydrogen) atoms. The van der Waals surface area contributed by atoms with Gasteiger partial charge in [-0.3, -0.25) is 0 Å². The molecule has 0 aromatic heterocycles. The molecule has 1 saturated carbocycles. The highest BCUT2D eigenvalue weighted by Gasteiger charge is 2.36. The van der Waals surface area contributed by atoms with Crippen molar-refractivity contribution in [2.24, 2.45) is 5.73 Å². The number of likely N-dealkylation sites (tertiary alicyclic amines) is 1. The molecule has 1 aromatic rings. The normalized spacial score (nSPS) is 31.3. The van der Waals surface area contributed by atoms with E-state index in [1.807, 2.05) is 0 Å². The second-order valence-electron chi connectivity index (χ2n) is 6.71. The van der Waals surface area contributed by atoms with Crippen molar-refractivity contribution in [3.8, 4) is 0 Å². The van der Waals surface area contributed by atoms with Crippen LogP contribution in [0.5, 0.6) is 0 Å². The summed E-state index contributed by atoms with van der Waals surface area (Å²) < 4.78 is 6.02. The molecule has 0 radical (unpaired) electrons. The molecule has 1 saturated heterocycles. The SMILES string of the molecule is N[C@H]1CCN(C(=O)O)[C@H]1COC1CCC(c2ccccc2)CC1. The fourth-order valence-electron chi connectivity index (χ4n) is 3.85. The van der Waals surface area contributed by atoms with Crippen molar-refractivity contribution in [3.05, 3.63) is 35.9 Å². The van der Waals surface area contributed by atoms with Crippen molar-refractivity contribution in [1.29, 1.82) is 0 Å². The Morgan fingerprint density at radius 1 is 1.17 bits per heavy atom. The van der Waals surface area contributed by atoms with Gasteiger partial charge in [0, 0.05) is 12.6 Å². The minimum atomic E-state index is -0.890. The summed E-state index contributed by atoms with van der Waals surface area (Å²) in [5, 5.41) is 9.21. The summed E-state index contributed by atoms with van der Waals surface area (Å²) in [6, 6.07) is 10.4. The van der Waals surface area contributed by atoms with E-state index in [2.05, 4.69) is 30.3 Å². The Labute approximate surface area is 137 Å². The van der Waals surface area contributed by atoms with Gasteiger partial charge in [-0.2, -0.15) is 0 Å². The van der Waals surface area contributed by atoms with E-state index in [1.165, 1.54) is 10.5 Å². The largest absolute Gasteiger partial charge is 0.465 e. The lowest BCUT2D eigenvalue weighted by Crippen LogP contribution is -2.45. The molecule has 1 aliphatic carbocycles. The first kappa shape index (κ1) is 16.3. The zero-order valence-corrected chi connectivity index (χ0v) is 13.4. The fraction of sp³-hybridized carbons (Fsp3) is 0.611. The summed E-state index contributed by atoms with van der Waals surface area (Å²) in [6.45, 7) is 0.944. The van der Waals surface area contributed by atoms with Crippen LogP contribution in [0.2, 0.25) is 0 Å². The second-order valence-corrected chi connectivity index (χ2v) is 6.71. The lowest BCUT2D eigenvalue weighted by molar-refractivity contribution is -0.00328. The van der Waals surface area contributed by atoms with Crippen molar-refractivity contribution in [2.45, 2.75) is 56.2 Å². The Bertz CT molecular complexity index is 514. The Morgan fingerprint density at radius 3 is 2.52 bits per heavy atom. The summed E-state index contributed by atoms with van der Waals surface area (Å²) in [4.78, 5) is 12.7. The lowest BCUT2D eigenvalue weighted by atomic mass is 9.83. The van der Waals surface area contributed by atoms with Gasteiger partial charge < -0.3 is 20.5 Å². The average molecular weight is 318 g/mol. The molecule has 1 heterocycles. The van der Waals surface area contributed by atoms with Gasteiger partial charge in [-0.25, -0.2) is 4.79 Å². The van der Waals surface area contributed by atoms with Gasteiger partial charge in [0.1, 0.15) is 0 Å². The molecule has 1 amide bonds. The first-order valence-corrected chi connectivity index (χ1v) is 8.57. The third kappa shape index (κ3) is 3.85. The fourth-order valence-corrected chi connectivity index (χ4v) is 3.85. The van der Waals surface area contributed by atoms with Crippen LogP contribution in [0.4, 0.5) is 4.79 Å². The number of hydrogen-bond donors (Lipinski definition) is 2. The predicted octanol–water partition coefficient (Wildman–Crippen LogP) is 2.81. The van der Waals surface area contributed by atoms with E-state index in [-0.39, 0.29) is 18.2 Å². The Hall–Kier alpha value is -1.59. The first-order valence-electron chi connectivity index (χ1n) is 8.57. The first-order chi connectivity index (χ1) is 11.1. The van der Waals surface area contributed by atoms with Crippen LogP contribution in [0.25, 0.3) is 0 Å². The van der Waals surface area contributed by atoms with Crippen molar-refractivity contribution >= 4 is 6.09 Å². The topological polar surface area (TPSA) is 75.8 Å². The van der Waals surface area contributed by atoms with Crippen molar-refractivity contribution < 1.29 is 14.6 Å². The Kier molecular flexibility index (Phi) is 5.18. The van der Waals surface area contributed by atoms with Gasteiger partial charge in [0.25, 0.3) is 0 Å². The number of nitrogens with two attached hydrogens (primary N) is 1. The third-order valence-electron chi connectivity index (χ3n) is 5.29. The van der Waals surface area contributed by atoms with Crippen LogP contribution in [-0.4, -0.2) is 47.4 Å². The average Bonchev–Trinajstić information content (AvgIpc) is 2.95. The number of nitrogens with zero attached hydrogens (tertiary/aromatic N) is 1. The number of ether oxygens (including phenoxy) is 1. The van der Waals surface area contributed by atoms with E-state index in [0.29, 0.717) is 19.1 Å². The number of amides is 1. The van der Waals surface area contributed by atoms with Crippen molar-refractivity contribution in [2.75, 3.05) is 13.2 Å². The highest BCUT2D eigenvalue weighted by molar-refractivity contribution is 5.66. The minimum Gasteiger partial charge on any atom is -0.465 e. The zero-order chi connectivity index (χ0) is 16.2. The smallest absolute Gasteiger partial charge is 0.407 e. The number of carboxylic acid groups (broad SMARTS) is 1. The van der Waals surface area contributed by atoms with Crippen LogP contribution >= 0.6 is 0 Å². The summed E-state index contributed by atoms with van der Waals surface area (Å²) in [5.41, 5.74) is 7.45. The predicted molar refractivity (Wildman–Crippen MR) is 88.5 cm³/mol. The molecule has 0 unspecified atom stereocenters. The molecule has 5 nitrogen and oxygen atoms in total. The Morgan fingerprint density at radius 2 is 1.87 bits per heavy atom. The molecule has 0 spiro atoms. The molecule has 2 aliphatic rings. The summed E-state index contributed by atoms with van der Waals surface area (Å²) in [6.07, 6.45) is 4.41. The number of rotatable bonds is 4. The number of carbonyl (C=O) groups is 1. The molecule has 5 heteroatoms. The quantitative estimate of drug-likeness (QED) is 0.895. The molecule has 2 atom stereocenters. The van der Waals surface area contributed by atoms with Gasteiger partial charge in [0.15, 0.2) is 0 Å². The van der Waals surface area contributed by atoms with Gasteiger partial charge in [0.05, 0.1) is 18.8 Å². The van der Waals surface area contributed by atoms with Crippen LogP contribution in [0.3, 0.4) is 0 Å². The van der Waals surface area contributed by atoms with Gasteiger partial charge >= 0.3 is 6.09 Å². The number of hydrogen-bond acceptors (Lipinski definition) is 3. The molecule has 2 fully saturated rings. The van der Waals surface area contributed by atoms with Crippen molar-refractivity contribution in [3.63, 3.8) is 0 Å². The maximum Gasteiger partial charge on any atom is 0.407 e. The standard InChI is InChI=1S/C18H26N2O3/c19-16-10-11-20(18(21)22)17(16)12-23-15-8-6-14(7-9-15)13-4-2-1-3-5-13/h1-5,14-17H,6-12,19H2,(H,21,22)/t14?,15?,16-,17-/m0/s1. The van der Waals surface area contributed by atoms with E-state index in [1.54, 1.807) is 0 Å². The molecular weight excluding hydrogens is 292 g/mol. The molecule has 1 aromatic carbocycles. The molecule has 1 aliphatic heterocycles. The molecular formula is C18H26N2O3. The van der Waals surface area contributed by atoms with Crippen LogP contribution in [0, 0.1) is 0 Å². The maximum absolute atomic E-state index is 11.2. The third-order valence-corrected chi connectivity index (χ3v) is 5.29. The summed E-state index contributed by atoms with van der Waals surface area (Å²) in [7, 11) is 0. The van der Waals surface area contributed by atoms with Crippen LogP contribution in [-0.2, 0) is 4.74 Å². The second kappa shape index (κ2) is 7.32. The lowest BCUT2D eigenvalue weighted by Gasteiger charge is -2.31. The highest BCUT2D eigenvalue weighted by atomic mass is 16.5.